The van der Waals surface area contributed by atoms with Gasteiger partial charge in [0.1, 0.15) is 53.5 Å². The molecular formula is C26H33NO12. The molecule has 2 heterocycles. The van der Waals surface area contributed by atoms with Crippen molar-refractivity contribution < 1.29 is 60.2 Å². The van der Waals surface area contributed by atoms with Gasteiger partial charge < -0.3 is 55.4 Å². The fourth-order valence-corrected chi connectivity index (χ4v) is 5.19. The number of aliphatic carboxylic acids is 1. The van der Waals surface area contributed by atoms with Crippen LogP contribution in [0.5, 0.6) is 23.0 Å². The molecule has 0 radical (unpaired) electrons. The van der Waals surface area contributed by atoms with Crippen molar-refractivity contribution in [3.63, 3.8) is 0 Å². The van der Waals surface area contributed by atoms with E-state index in [1.165, 1.54) is 17.0 Å². The summed E-state index contributed by atoms with van der Waals surface area (Å²) < 4.78 is 11.2. The van der Waals surface area contributed by atoms with Crippen molar-refractivity contribution in [3.05, 3.63) is 47.5 Å². The van der Waals surface area contributed by atoms with E-state index in [9.17, 15) is 50.8 Å². The summed E-state index contributed by atoms with van der Waals surface area (Å²) in [6, 6.07) is 6.50. The van der Waals surface area contributed by atoms with E-state index < -0.39 is 73.0 Å². The molecule has 39 heavy (non-hydrogen) atoms. The maximum absolute atomic E-state index is 12.1. The van der Waals surface area contributed by atoms with Crippen molar-refractivity contribution in [2.75, 3.05) is 13.2 Å². The van der Waals surface area contributed by atoms with Gasteiger partial charge in [-0.3, -0.25) is 9.69 Å². The summed E-state index contributed by atoms with van der Waals surface area (Å²) in [5, 5.41) is 91.2. The molecule has 3 unspecified atom stereocenters. The van der Waals surface area contributed by atoms with Crippen molar-refractivity contribution >= 4 is 5.97 Å². The van der Waals surface area contributed by atoms with Gasteiger partial charge in [-0.05, 0) is 30.5 Å². The number of hydrogen-bond donors (Lipinski definition) is 9. The number of likely N-dealkylation sites (tertiary alicyclic amines) is 1. The Bertz CT molecular complexity index is 1140. The average molecular weight is 552 g/mol. The Hall–Kier alpha value is -3.17. The van der Waals surface area contributed by atoms with Gasteiger partial charge in [0.15, 0.2) is 0 Å². The summed E-state index contributed by atoms with van der Waals surface area (Å²) in [6.07, 6.45) is -8.56. The van der Waals surface area contributed by atoms with Gasteiger partial charge >= 0.3 is 5.97 Å². The van der Waals surface area contributed by atoms with Gasteiger partial charge in [-0.1, -0.05) is 12.1 Å². The normalized spacial score (nSPS) is 30.2. The molecule has 9 N–H and O–H groups in total. The Balaban J connectivity index is 1.74. The quantitative estimate of drug-likeness (QED) is 0.186. The zero-order chi connectivity index (χ0) is 28.4. The summed E-state index contributed by atoms with van der Waals surface area (Å²) in [6.45, 7) is -0.749. The van der Waals surface area contributed by atoms with E-state index in [2.05, 4.69) is 0 Å². The number of aryl methyl sites for hydroxylation is 1. The molecule has 4 rings (SSSR count). The standard InChI is InChI=1S/C26H33NO12/c28-11-20-22(33)23(34)24(35)26(39-20)38-19-9-14(30)8-18(32)21(19)16(6-3-12-1-4-13(29)5-2-12)27-10-15(31)7-17(27)25(36)37/h1-2,4-5,8-9,15-17,20,22-24,26,28-35H,3,6-7,10-11H2,(H,36,37)/t15?,16?,17?,20-,22-,23+,24-,26-/m0/s1. The third-order valence-corrected chi connectivity index (χ3v) is 7.18. The van der Waals surface area contributed by atoms with Crippen molar-refractivity contribution in [2.45, 2.75) is 68.2 Å². The van der Waals surface area contributed by atoms with Crippen molar-refractivity contribution in [3.8, 4) is 23.0 Å². The van der Waals surface area contributed by atoms with Gasteiger partial charge in [0.05, 0.1) is 18.3 Å². The Labute approximate surface area is 223 Å². The van der Waals surface area contributed by atoms with E-state index in [-0.39, 0.29) is 36.4 Å². The Morgan fingerprint density at radius 1 is 1.00 bits per heavy atom. The van der Waals surface area contributed by atoms with E-state index in [1.807, 2.05) is 0 Å². The number of hydrogen-bond acceptors (Lipinski definition) is 12. The zero-order valence-electron chi connectivity index (χ0n) is 20.8. The van der Waals surface area contributed by atoms with Crippen LogP contribution in [0.2, 0.25) is 0 Å². The van der Waals surface area contributed by atoms with E-state index in [4.69, 9.17) is 9.47 Å². The number of carbonyl (C=O) groups is 1. The van der Waals surface area contributed by atoms with Gasteiger partial charge in [-0.25, -0.2) is 0 Å². The van der Waals surface area contributed by atoms with Crippen LogP contribution in [0.15, 0.2) is 36.4 Å². The predicted octanol–water partition coefficient (Wildman–Crippen LogP) is -0.824. The number of carboxylic acid groups (broad SMARTS) is 1. The van der Waals surface area contributed by atoms with Crippen molar-refractivity contribution in [2.24, 2.45) is 0 Å². The first-order valence-corrected chi connectivity index (χ1v) is 12.5. The second kappa shape index (κ2) is 11.9. The highest BCUT2D eigenvalue weighted by Crippen LogP contribution is 2.45. The van der Waals surface area contributed by atoms with Gasteiger partial charge in [0.25, 0.3) is 0 Å². The van der Waals surface area contributed by atoms with E-state index in [1.54, 1.807) is 12.1 Å². The van der Waals surface area contributed by atoms with Crippen LogP contribution < -0.4 is 4.74 Å². The molecule has 2 aromatic rings. The molecule has 0 aromatic heterocycles. The summed E-state index contributed by atoms with van der Waals surface area (Å²) in [5.41, 5.74) is 0.822. The molecule has 0 amide bonds. The third-order valence-electron chi connectivity index (χ3n) is 7.18. The summed E-state index contributed by atoms with van der Waals surface area (Å²) in [7, 11) is 0. The largest absolute Gasteiger partial charge is 0.508 e. The van der Waals surface area contributed by atoms with E-state index in [0.29, 0.717) is 6.42 Å². The minimum absolute atomic E-state index is 0.0314. The first-order valence-electron chi connectivity index (χ1n) is 12.5. The number of β-amino-alcohol motifs (C(OH)–C–C–N with tert-alkyl or cyclic N) is 1. The summed E-state index contributed by atoms with van der Waals surface area (Å²) in [4.78, 5) is 13.6. The monoisotopic (exact) mass is 551 g/mol. The molecule has 2 aliphatic heterocycles. The maximum Gasteiger partial charge on any atom is 0.321 e. The van der Waals surface area contributed by atoms with Crippen LogP contribution in [-0.2, 0) is 16.0 Å². The molecule has 13 heteroatoms. The zero-order valence-corrected chi connectivity index (χ0v) is 20.8. The lowest BCUT2D eigenvalue weighted by Gasteiger charge is -2.40. The number of benzene rings is 2. The van der Waals surface area contributed by atoms with Crippen LogP contribution in [0.4, 0.5) is 0 Å². The van der Waals surface area contributed by atoms with Gasteiger partial charge in [-0.2, -0.15) is 0 Å². The Morgan fingerprint density at radius 2 is 1.69 bits per heavy atom. The van der Waals surface area contributed by atoms with Crippen LogP contribution in [0, 0.1) is 0 Å². The Kier molecular flexibility index (Phi) is 8.81. The molecule has 2 aromatic carbocycles. The number of ether oxygens (including phenoxy) is 2. The minimum atomic E-state index is -1.78. The van der Waals surface area contributed by atoms with Crippen LogP contribution in [-0.4, -0.2) is 113 Å². The van der Waals surface area contributed by atoms with Gasteiger partial charge in [-0.15, -0.1) is 0 Å². The SMILES string of the molecule is O=C(O)C1CC(O)CN1C(CCc1ccc(O)cc1)c1c(O)cc(O)cc1O[C@H]1O[C@@H](CO)[C@H](O)[C@@H](O)[C@@H]1O. The van der Waals surface area contributed by atoms with Crippen molar-refractivity contribution in [1.29, 1.82) is 0 Å². The van der Waals surface area contributed by atoms with Crippen molar-refractivity contribution in [1.82, 2.24) is 4.90 Å². The topological polar surface area (TPSA) is 221 Å². The molecule has 2 saturated heterocycles. The van der Waals surface area contributed by atoms with Crippen LogP contribution in [0.25, 0.3) is 0 Å². The number of phenols is 3. The second-order valence-electron chi connectivity index (χ2n) is 9.85. The molecule has 2 aliphatic rings. The lowest BCUT2D eigenvalue weighted by Crippen LogP contribution is -2.60. The van der Waals surface area contributed by atoms with E-state index >= 15 is 0 Å². The lowest BCUT2D eigenvalue weighted by atomic mass is 9.94. The molecule has 0 aliphatic carbocycles. The maximum atomic E-state index is 12.1. The number of carboxylic acids is 1. The number of aromatic hydroxyl groups is 3. The minimum Gasteiger partial charge on any atom is -0.508 e. The molecule has 13 nitrogen and oxygen atoms in total. The summed E-state index contributed by atoms with van der Waals surface area (Å²) >= 11 is 0. The molecule has 2 fully saturated rings. The summed E-state index contributed by atoms with van der Waals surface area (Å²) in [5.74, 6) is -2.22. The predicted molar refractivity (Wildman–Crippen MR) is 132 cm³/mol. The number of phenolic OH excluding ortho intramolecular Hbond substituents is 3. The molecule has 0 bridgehead atoms. The number of nitrogens with zero attached hydrogens (tertiary/aromatic N) is 1. The van der Waals surface area contributed by atoms with Gasteiger partial charge in [0, 0.05) is 31.1 Å². The smallest absolute Gasteiger partial charge is 0.321 e. The lowest BCUT2D eigenvalue weighted by molar-refractivity contribution is -0.277. The fraction of sp³-hybridized carbons (Fsp3) is 0.500. The highest BCUT2D eigenvalue weighted by atomic mass is 16.7. The second-order valence-corrected chi connectivity index (χ2v) is 9.85. The van der Waals surface area contributed by atoms with Crippen LogP contribution in [0.3, 0.4) is 0 Å². The average Bonchev–Trinajstić information content (AvgIpc) is 3.28. The first kappa shape index (κ1) is 28.8. The molecule has 214 valence electrons. The van der Waals surface area contributed by atoms with Crippen LogP contribution in [0.1, 0.15) is 30.0 Å². The number of rotatable bonds is 9. The van der Waals surface area contributed by atoms with Crippen LogP contribution >= 0.6 is 0 Å². The van der Waals surface area contributed by atoms with E-state index in [0.717, 1.165) is 17.7 Å². The fourth-order valence-electron chi connectivity index (χ4n) is 5.19. The first-order chi connectivity index (χ1) is 18.5. The molecule has 0 saturated carbocycles. The molecular weight excluding hydrogens is 518 g/mol. The number of aliphatic hydroxyl groups excluding tert-OH is 5. The number of aliphatic hydroxyl groups is 5. The van der Waals surface area contributed by atoms with Gasteiger partial charge in [0.2, 0.25) is 6.29 Å². The highest BCUT2D eigenvalue weighted by Gasteiger charge is 2.46. The molecule has 8 atom stereocenters. The highest BCUT2D eigenvalue weighted by molar-refractivity contribution is 5.74. The molecule has 0 spiro atoms. The Morgan fingerprint density at radius 3 is 2.33 bits per heavy atom. The third kappa shape index (κ3) is 6.20.